The molecule has 0 aromatic heterocycles. The molecule has 0 unspecified atom stereocenters. The largest absolute Gasteiger partial charge is 0.161 e. The van der Waals surface area contributed by atoms with Gasteiger partial charge in [0.05, 0.1) is 0 Å². The lowest BCUT2D eigenvalue weighted by atomic mass is 9.88. The van der Waals surface area contributed by atoms with Crippen LogP contribution in [0.3, 0.4) is 0 Å². The third-order valence-corrected chi connectivity index (χ3v) is 4.14. The van der Waals surface area contributed by atoms with E-state index in [1.165, 1.54) is 17.9 Å². The zero-order valence-corrected chi connectivity index (χ0v) is 9.50. The summed E-state index contributed by atoms with van der Waals surface area (Å²) in [6.45, 7) is 9.33. The Morgan fingerprint density at radius 2 is 1.75 bits per heavy atom. The number of hydrogen-bond donors (Lipinski definition) is 0. The van der Waals surface area contributed by atoms with Crippen molar-refractivity contribution in [1.29, 1.82) is 0 Å². The average Bonchev–Trinajstić information content (AvgIpc) is 1.82. The van der Waals surface area contributed by atoms with E-state index in [1.54, 1.807) is 0 Å². The predicted octanol–water partition coefficient (Wildman–Crippen LogP) is 3.73. The maximum atomic E-state index is 2.38. The average molecular weight is 184 g/mol. The molecule has 0 aromatic carbocycles. The third kappa shape index (κ3) is 3.22. The minimum Gasteiger partial charge on any atom is -0.161 e. The molecule has 0 bridgehead atoms. The highest BCUT2D eigenvalue weighted by molar-refractivity contribution is 7.99. The minimum absolute atomic E-state index is 0.404. The Balaban J connectivity index is 2.63. The van der Waals surface area contributed by atoms with Crippen molar-refractivity contribution >= 4 is 11.8 Å². The van der Waals surface area contributed by atoms with Gasteiger partial charge < -0.3 is 0 Å². The molecule has 70 valence electrons. The zero-order chi connectivity index (χ0) is 9.24. The fourth-order valence-electron chi connectivity index (χ4n) is 1.39. The van der Waals surface area contributed by atoms with Gasteiger partial charge in [0.25, 0.3) is 0 Å². The smallest absolute Gasteiger partial charge is 0.00188 e. The van der Waals surface area contributed by atoms with Crippen LogP contribution >= 0.6 is 11.8 Å². The van der Waals surface area contributed by atoms with Crippen LogP contribution in [-0.2, 0) is 0 Å². The quantitative estimate of drug-likeness (QED) is 0.517. The molecule has 1 heterocycles. The van der Waals surface area contributed by atoms with Crippen LogP contribution in [-0.4, -0.2) is 11.5 Å². The summed E-state index contributed by atoms with van der Waals surface area (Å²) in [6, 6.07) is 0. The molecule has 0 saturated carbocycles. The van der Waals surface area contributed by atoms with Crippen molar-refractivity contribution in [3.05, 3.63) is 12.2 Å². The second kappa shape index (κ2) is 3.45. The fraction of sp³-hybridized carbons (Fsp3) is 0.818. The van der Waals surface area contributed by atoms with E-state index >= 15 is 0 Å². The summed E-state index contributed by atoms with van der Waals surface area (Å²) >= 11 is 2.09. The lowest BCUT2D eigenvalue weighted by Crippen LogP contribution is -2.20. The van der Waals surface area contributed by atoms with Crippen LogP contribution in [0.5, 0.6) is 0 Å². The van der Waals surface area contributed by atoms with Gasteiger partial charge in [-0.3, -0.25) is 0 Å². The second-order valence-corrected chi connectivity index (χ2v) is 6.24. The van der Waals surface area contributed by atoms with Gasteiger partial charge in [0.2, 0.25) is 0 Å². The van der Waals surface area contributed by atoms with Crippen LogP contribution in [0, 0.1) is 10.8 Å². The van der Waals surface area contributed by atoms with E-state index in [4.69, 9.17) is 0 Å². The van der Waals surface area contributed by atoms with Crippen molar-refractivity contribution in [2.24, 2.45) is 10.8 Å². The molecule has 0 radical (unpaired) electrons. The van der Waals surface area contributed by atoms with Gasteiger partial charge >= 0.3 is 0 Å². The van der Waals surface area contributed by atoms with Crippen molar-refractivity contribution in [2.45, 2.75) is 34.1 Å². The topological polar surface area (TPSA) is 0 Å². The van der Waals surface area contributed by atoms with Crippen LogP contribution in [0.15, 0.2) is 12.2 Å². The Labute approximate surface area is 80.8 Å². The normalized spacial score (nSPS) is 30.3. The standard InChI is InChI=1S/C11H20S/c1-10(2)6-5-7-11(3,4)9-12-8-10/h5-6H,7-9H2,1-4H3/b6-5-. The van der Waals surface area contributed by atoms with Gasteiger partial charge in [0.15, 0.2) is 0 Å². The highest BCUT2D eigenvalue weighted by Gasteiger charge is 2.22. The molecule has 0 fully saturated rings. The fourth-order valence-corrected chi connectivity index (χ4v) is 2.79. The zero-order valence-electron chi connectivity index (χ0n) is 8.68. The van der Waals surface area contributed by atoms with Crippen LogP contribution in [0.4, 0.5) is 0 Å². The molecule has 0 aromatic rings. The summed E-state index contributed by atoms with van der Waals surface area (Å²) in [5, 5.41) is 0. The third-order valence-electron chi connectivity index (χ3n) is 2.21. The summed E-state index contributed by atoms with van der Waals surface area (Å²) in [7, 11) is 0. The van der Waals surface area contributed by atoms with Gasteiger partial charge in [0.1, 0.15) is 0 Å². The second-order valence-electron chi connectivity index (χ2n) is 5.25. The number of allylic oxidation sites excluding steroid dienone is 2. The molecule has 1 aliphatic rings. The van der Waals surface area contributed by atoms with Gasteiger partial charge in [-0.05, 0) is 23.0 Å². The van der Waals surface area contributed by atoms with Gasteiger partial charge in [-0.2, -0.15) is 11.8 Å². The first-order chi connectivity index (χ1) is 5.41. The summed E-state index contributed by atoms with van der Waals surface area (Å²) in [5.74, 6) is 2.55. The molecule has 1 rings (SSSR count). The van der Waals surface area contributed by atoms with Crippen molar-refractivity contribution < 1.29 is 0 Å². The molecule has 0 saturated heterocycles. The summed E-state index contributed by atoms with van der Waals surface area (Å²) in [6.07, 6.45) is 5.96. The molecule has 0 N–H and O–H groups in total. The molecular formula is C11H20S. The van der Waals surface area contributed by atoms with E-state index in [9.17, 15) is 0 Å². The molecule has 0 atom stereocenters. The Hall–Kier alpha value is 0.0900. The van der Waals surface area contributed by atoms with Gasteiger partial charge in [-0.25, -0.2) is 0 Å². The first-order valence-electron chi connectivity index (χ1n) is 4.67. The maximum absolute atomic E-state index is 2.38. The minimum atomic E-state index is 0.404. The molecule has 1 heteroatoms. The molecule has 1 aliphatic heterocycles. The molecular weight excluding hydrogens is 164 g/mol. The summed E-state index contributed by atoms with van der Waals surface area (Å²) in [5.41, 5.74) is 0.902. The van der Waals surface area contributed by atoms with Crippen LogP contribution in [0.2, 0.25) is 0 Å². The van der Waals surface area contributed by atoms with Crippen LogP contribution < -0.4 is 0 Å². The van der Waals surface area contributed by atoms with E-state index in [1.807, 2.05) is 0 Å². The molecule has 0 nitrogen and oxygen atoms in total. The number of thioether (sulfide) groups is 1. The van der Waals surface area contributed by atoms with E-state index in [0.717, 1.165) is 0 Å². The van der Waals surface area contributed by atoms with Crippen molar-refractivity contribution in [3.8, 4) is 0 Å². The number of hydrogen-bond acceptors (Lipinski definition) is 1. The first kappa shape index (κ1) is 10.2. The van der Waals surface area contributed by atoms with Crippen LogP contribution in [0.25, 0.3) is 0 Å². The highest BCUT2D eigenvalue weighted by atomic mass is 32.2. The first-order valence-corrected chi connectivity index (χ1v) is 5.82. The lowest BCUT2D eigenvalue weighted by Gasteiger charge is -2.29. The van der Waals surface area contributed by atoms with E-state index in [0.29, 0.717) is 10.8 Å². The van der Waals surface area contributed by atoms with Crippen LogP contribution in [0.1, 0.15) is 34.1 Å². The molecule has 12 heavy (non-hydrogen) atoms. The Morgan fingerprint density at radius 3 is 2.42 bits per heavy atom. The monoisotopic (exact) mass is 184 g/mol. The SMILES string of the molecule is CC1(C)/C=C\CC(C)(C)CSC1. The van der Waals surface area contributed by atoms with E-state index in [-0.39, 0.29) is 0 Å². The van der Waals surface area contributed by atoms with Gasteiger partial charge in [-0.15, -0.1) is 0 Å². The van der Waals surface area contributed by atoms with Crippen molar-refractivity contribution in [2.75, 3.05) is 11.5 Å². The summed E-state index contributed by atoms with van der Waals surface area (Å²) in [4.78, 5) is 0. The highest BCUT2D eigenvalue weighted by Crippen LogP contribution is 2.34. The maximum Gasteiger partial charge on any atom is 0.00188 e. The van der Waals surface area contributed by atoms with Crippen molar-refractivity contribution in [1.82, 2.24) is 0 Å². The molecule has 0 spiro atoms. The molecule has 0 amide bonds. The number of rotatable bonds is 0. The lowest BCUT2D eigenvalue weighted by molar-refractivity contribution is 0.421. The Morgan fingerprint density at radius 1 is 1.08 bits per heavy atom. The van der Waals surface area contributed by atoms with Crippen molar-refractivity contribution in [3.63, 3.8) is 0 Å². The van der Waals surface area contributed by atoms with Gasteiger partial charge in [-0.1, -0.05) is 39.8 Å². The summed E-state index contributed by atoms with van der Waals surface area (Å²) < 4.78 is 0. The van der Waals surface area contributed by atoms with E-state index in [2.05, 4.69) is 51.6 Å². The Bertz CT molecular complexity index is 177. The Kier molecular flexibility index (Phi) is 2.92. The van der Waals surface area contributed by atoms with Gasteiger partial charge in [0, 0.05) is 5.75 Å². The van der Waals surface area contributed by atoms with E-state index < -0.39 is 0 Å². The predicted molar refractivity (Wildman–Crippen MR) is 58.6 cm³/mol. The molecule has 0 aliphatic carbocycles.